The summed E-state index contributed by atoms with van der Waals surface area (Å²) in [6, 6.07) is 11.5. The Bertz CT molecular complexity index is 1050. The summed E-state index contributed by atoms with van der Waals surface area (Å²) in [4.78, 5) is 21.5. The summed E-state index contributed by atoms with van der Waals surface area (Å²) in [5.74, 6) is -0.0543. The Hall–Kier alpha value is -3.08. The molecule has 4 nitrogen and oxygen atoms in total. The van der Waals surface area contributed by atoms with Crippen LogP contribution in [-0.2, 0) is 12.8 Å². The number of carbonyl (C=O) groups excluding carboxylic acids is 1. The molecule has 5 heteroatoms. The molecule has 0 saturated carbocycles. The number of carbonyl (C=O) groups is 1. The number of ether oxygens (including phenoxy) is 1. The van der Waals surface area contributed by atoms with Crippen molar-refractivity contribution >= 4 is 5.97 Å². The van der Waals surface area contributed by atoms with Gasteiger partial charge >= 0.3 is 5.97 Å². The monoisotopic (exact) mass is 476 g/mol. The van der Waals surface area contributed by atoms with Gasteiger partial charge in [-0.3, -0.25) is 0 Å². The SMILES string of the molecule is CCCCCCCCCCc1cnc(-c2ccc(C(=O)Oc3ccc(CCC)c(F)c3)cc2)nc1. The zero-order valence-corrected chi connectivity index (χ0v) is 21.1. The van der Waals surface area contributed by atoms with Crippen molar-refractivity contribution in [2.24, 2.45) is 0 Å². The van der Waals surface area contributed by atoms with Gasteiger partial charge in [0.15, 0.2) is 5.82 Å². The Morgan fingerprint density at radius 1 is 0.800 bits per heavy atom. The summed E-state index contributed by atoms with van der Waals surface area (Å²) >= 11 is 0. The van der Waals surface area contributed by atoms with E-state index in [4.69, 9.17) is 4.74 Å². The maximum atomic E-state index is 14.1. The summed E-state index contributed by atoms with van der Waals surface area (Å²) < 4.78 is 19.5. The Morgan fingerprint density at radius 3 is 2.09 bits per heavy atom. The van der Waals surface area contributed by atoms with Crippen LogP contribution in [0.15, 0.2) is 54.9 Å². The first-order valence-electron chi connectivity index (χ1n) is 13.0. The molecule has 35 heavy (non-hydrogen) atoms. The zero-order chi connectivity index (χ0) is 24.9. The molecule has 0 atom stereocenters. The number of halogens is 1. The van der Waals surface area contributed by atoms with E-state index >= 15 is 0 Å². The third-order valence-corrected chi connectivity index (χ3v) is 6.16. The van der Waals surface area contributed by atoms with Crippen LogP contribution in [0.1, 0.15) is 93.1 Å². The average molecular weight is 477 g/mol. The molecule has 0 spiro atoms. The fraction of sp³-hybridized carbons (Fsp3) is 0.433. The number of aromatic nitrogens is 2. The molecule has 0 aliphatic rings. The van der Waals surface area contributed by atoms with Crippen LogP contribution in [0.25, 0.3) is 11.4 Å². The van der Waals surface area contributed by atoms with Crippen LogP contribution in [0.4, 0.5) is 4.39 Å². The fourth-order valence-corrected chi connectivity index (χ4v) is 4.08. The fourth-order valence-electron chi connectivity index (χ4n) is 4.08. The van der Waals surface area contributed by atoms with Crippen LogP contribution in [0, 0.1) is 5.82 Å². The number of unbranched alkanes of at least 4 members (excludes halogenated alkanes) is 7. The van der Waals surface area contributed by atoms with Crippen LogP contribution in [0.5, 0.6) is 5.75 Å². The van der Waals surface area contributed by atoms with Crippen LogP contribution in [-0.4, -0.2) is 15.9 Å². The Kier molecular flexibility index (Phi) is 10.9. The van der Waals surface area contributed by atoms with E-state index in [1.165, 1.54) is 57.4 Å². The van der Waals surface area contributed by atoms with Crippen LogP contribution in [0.2, 0.25) is 0 Å². The van der Waals surface area contributed by atoms with Crippen LogP contribution >= 0.6 is 0 Å². The highest BCUT2D eigenvalue weighted by Crippen LogP contribution is 2.21. The first-order chi connectivity index (χ1) is 17.1. The predicted octanol–water partition coefficient (Wildman–Crippen LogP) is 8.14. The largest absolute Gasteiger partial charge is 0.423 e. The molecule has 0 aliphatic heterocycles. The quantitative estimate of drug-likeness (QED) is 0.134. The van der Waals surface area contributed by atoms with E-state index in [-0.39, 0.29) is 11.6 Å². The molecule has 0 fully saturated rings. The minimum atomic E-state index is -0.527. The third kappa shape index (κ3) is 8.57. The lowest BCUT2D eigenvalue weighted by molar-refractivity contribution is 0.0734. The Balaban J connectivity index is 1.47. The first-order valence-corrected chi connectivity index (χ1v) is 13.0. The number of hydrogen-bond acceptors (Lipinski definition) is 4. The molecule has 3 rings (SSSR count). The number of nitrogens with zero attached hydrogens (tertiary/aromatic N) is 2. The lowest BCUT2D eigenvalue weighted by Gasteiger charge is -2.08. The van der Waals surface area contributed by atoms with Crippen molar-refractivity contribution in [3.63, 3.8) is 0 Å². The topological polar surface area (TPSA) is 52.1 Å². The van der Waals surface area contributed by atoms with Crippen molar-refractivity contribution in [3.05, 3.63) is 77.4 Å². The molecule has 0 unspecified atom stereocenters. The van der Waals surface area contributed by atoms with Gasteiger partial charge in [-0.1, -0.05) is 83.4 Å². The molecule has 1 aromatic heterocycles. The van der Waals surface area contributed by atoms with Crippen molar-refractivity contribution in [3.8, 4) is 17.1 Å². The number of hydrogen-bond donors (Lipinski definition) is 0. The number of benzene rings is 2. The summed E-state index contributed by atoms with van der Waals surface area (Å²) in [7, 11) is 0. The number of aryl methyl sites for hydroxylation is 2. The van der Waals surface area contributed by atoms with E-state index in [1.807, 2.05) is 19.3 Å². The van der Waals surface area contributed by atoms with Gasteiger partial charge in [0, 0.05) is 24.0 Å². The summed E-state index contributed by atoms with van der Waals surface area (Å²) in [5.41, 5.74) is 2.99. The van der Waals surface area contributed by atoms with Crippen molar-refractivity contribution in [1.29, 1.82) is 0 Å². The molecule has 186 valence electrons. The molecule has 0 amide bonds. The van der Waals surface area contributed by atoms with Gasteiger partial charge in [0.25, 0.3) is 0 Å². The molecule has 3 aromatic rings. The van der Waals surface area contributed by atoms with E-state index < -0.39 is 5.97 Å². The van der Waals surface area contributed by atoms with Crippen molar-refractivity contribution in [1.82, 2.24) is 9.97 Å². The van der Waals surface area contributed by atoms with E-state index in [0.717, 1.165) is 24.0 Å². The minimum Gasteiger partial charge on any atom is -0.423 e. The molecule has 0 saturated heterocycles. The van der Waals surface area contributed by atoms with Gasteiger partial charge in [-0.2, -0.15) is 0 Å². The van der Waals surface area contributed by atoms with Gasteiger partial charge in [-0.25, -0.2) is 19.2 Å². The number of esters is 1. The molecule has 0 aliphatic carbocycles. The first kappa shape index (κ1) is 26.5. The molecule has 0 radical (unpaired) electrons. The van der Waals surface area contributed by atoms with Gasteiger partial charge in [0.05, 0.1) is 5.56 Å². The maximum Gasteiger partial charge on any atom is 0.343 e. The molecule has 1 heterocycles. The second-order valence-corrected chi connectivity index (χ2v) is 9.11. The van der Waals surface area contributed by atoms with Gasteiger partial charge in [-0.05, 0) is 48.6 Å². The van der Waals surface area contributed by atoms with Gasteiger partial charge in [0.1, 0.15) is 11.6 Å². The van der Waals surface area contributed by atoms with Gasteiger partial charge < -0.3 is 4.74 Å². The summed E-state index contributed by atoms with van der Waals surface area (Å²) in [6.45, 7) is 4.24. The van der Waals surface area contributed by atoms with Crippen molar-refractivity contribution in [2.45, 2.75) is 84.5 Å². The van der Waals surface area contributed by atoms with E-state index in [9.17, 15) is 9.18 Å². The maximum absolute atomic E-state index is 14.1. The smallest absolute Gasteiger partial charge is 0.343 e. The average Bonchev–Trinajstić information content (AvgIpc) is 2.88. The second kappa shape index (κ2) is 14.3. The highest BCUT2D eigenvalue weighted by Gasteiger charge is 2.12. The molecule has 0 bridgehead atoms. The number of rotatable bonds is 14. The van der Waals surface area contributed by atoms with Crippen molar-refractivity contribution < 1.29 is 13.9 Å². The van der Waals surface area contributed by atoms with Crippen LogP contribution in [0.3, 0.4) is 0 Å². The zero-order valence-electron chi connectivity index (χ0n) is 21.1. The normalized spacial score (nSPS) is 10.9. The van der Waals surface area contributed by atoms with Crippen molar-refractivity contribution in [2.75, 3.05) is 0 Å². The summed E-state index contributed by atoms with van der Waals surface area (Å²) in [6.07, 6.45) is 16.7. The third-order valence-electron chi connectivity index (χ3n) is 6.16. The molecule has 2 aromatic carbocycles. The summed E-state index contributed by atoms with van der Waals surface area (Å²) in [5, 5.41) is 0. The standard InChI is InChI=1S/C30H37FN2O2/c1-3-5-6-7-8-9-10-11-13-23-21-32-29(33-22-23)25-14-16-26(17-15-25)30(34)35-27-19-18-24(12-4-2)28(31)20-27/h14-22H,3-13H2,1-2H3. The lowest BCUT2D eigenvalue weighted by atomic mass is 10.1. The molecule has 0 N–H and O–H groups in total. The lowest BCUT2D eigenvalue weighted by Crippen LogP contribution is -2.08. The predicted molar refractivity (Wildman–Crippen MR) is 139 cm³/mol. The minimum absolute atomic E-state index is 0.201. The van der Waals surface area contributed by atoms with Gasteiger partial charge in [-0.15, -0.1) is 0 Å². The molecular weight excluding hydrogens is 439 g/mol. The Labute approximate surface area is 209 Å². The van der Waals surface area contributed by atoms with Gasteiger partial charge in [0.2, 0.25) is 0 Å². The highest BCUT2D eigenvalue weighted by molar-refractivity contribution is 5.91. The Morgan fingerprint density at radius 2 is 1.46 bits per heavy atom. The van der Waals surface area contributed by atoms with E-state index in [2.05, 4.69) is 16.9 Å². The van der Waals surface area contributed by atoms with E-state index in [0.29, 0.717) is 23.4 Å². The second-order valence-electron chi connectivity index (χ2n) is 9.11. The highest BCUT2D eigenvalue weighted by atomic mass is 19.1. The van der Waals surface area contributed by atoms with Crippen LogP contribution < -0.4 is 4.74 Å². The molecular formula is C30H37FN2O2. The van der Waals surface area contributed by atoms with E-state index in [1.54, 1.807) is 36.4 Å².